The number of rotatable bonds is 5. The van der Waals surface area contributed by atoms with Crippen molar-refractivity contribution in [1.82, 2.24) is 20.0 Å². The zero-order valence-corrected chi connectivity index (χ0v) is 14.0. The van der Waals surface area contributed by atoms with Crippen LogP contribution in [0.3, 0.4) is 0 Å². The number of hydrogen-bond acceptors (Lipinski definition) is 5. The van der Waals surface area contributed by atoms with Gasteiger partial charge in [-0.05, 0) is 49.7 Å². The van der Waals surface area contributed by atoms with Crippen molar-refractivity contribution in [2.45, 2.75) is 39.5 Å². The fourth-order valence-electron chi connectivity index (χ4n) is 3.82. The zero-order valence-electron chi connectivity index (χ0n) is 14.0. The van der Waals surface area contributed by atoms with Gasteiger partial charge in [0.2, 0.25) is 0 Å². The molecule has 124 valence electrons. The minimum absolute atomic E-state index is 0.418. The second kappa shape index (κ2) is 6.68. The van der Waals surface area contributed by atoms with Gasteiger partial charge in [-0.2, -0.15) is 0 Å². The maximum absolute atomic E-state index is 10.2. The second-order valence-electron chi connectivity index (χ2n) is 6.37. The smallest absolute Gasteiger partial charge is 0.314 e. The van der Waals surface area contributed by atoms with Crippen LogP contribution in [-0.2, 0) is 9.63 Å². The lowest BCUT2D eigenvalue weighted by Crippen LogP contribution is -2.44. The molecule has 0 spiro atoms. The van der Waals surface area contributed by atoms with Gasteiger partial charge in [-0.15, -0.1) is 0 Å². The predicted molar refractivity (Wildman–Crippen MR) is 87.7 cm³/mol. The van der Waals surface area contributed by atoms with Gasteiger partial charge < -0.3 is 9.24 Å². The number of carbonyl (C=O) groups excluding carboxylic acids is 1. The van der Waals surface area contributed by atoms with Crippen LogP contribution >= 0.6 is 0 Å². The Labute approximate surface area is 136 Å². The van der Waals surface area contributed by atoms with Crippen molar-refractivity contribution in [3.63, 3.8) is 0 Å². The molecule has 0 saturated carbocycles. The number of carbonyl (C=O) groups is 1. The van der Waals surface area contributed by atoms with Gasteiger partial charge in [0.05, 0.1) is 11.7 Å². The topological polar surface area (TPSA) is 58.9 Å². The third-order valence-corrected chi connectivity index (χ3v) is 5.27. The molecule has 3 heterocycles. The Morgan fingerprint density at radius 3 is 2.83 bits per heavy atom. The SMILES string of the molecule is Cc1c(C(C)C2CCN(NOC=O)CC2)c2cnccn2c1C. The number of aryl methyl sites for hydroxylation is 1. The van der Waals surface area contributed by atoms with E-state index in [0.717, 1.165) is 25.9 Å². The van der Waals surface area contributed by atoms with Crippen LogP contribution in [0.1, 0.15) is 42.5 Å². The quantitative estimate of drug-likeness (QED) is 0.678. The molecule has 23 heavy (non-hydrogen) atoms. The van der Waals surface area contributed by atoms with E-state index in [1.54, 1.807) is 0 Å². The lowest BCUT2D eigenvalue weighted by molar-refractivity contribution is -0.151. The number of hydrazine groups is 1. The molecule has 1 N–H and O–H groups in total. The molecule has 2 aromatic heterocycles. The Balaban J connectivity index is 1.78. The van der Waals surface area contributed by atoms with Gasteiger partial charge in [0.15, 0.2) is 0 Å². The number of nitrogens with one attached hydrogen (secondary N) is 1. The van der Waals surface area contributed by atoms with Crippen molar-refractivity contribution < 1.29 is 9.63 Å². The Bertz CT molecular complexity index is 689. The molecule has 0 radical (unpaired) electrons. The fraction of sp³-hybridized carbons (Fsp3) is 0.529. The maximum atomic E-state index is 10.2. The zero-order chi connectivity index (χ0) is 16.4. The van der Waals surface area contributed by atoms with E-state index in [4.69, 9.17) is 0 Å². The minimum Gasteiger partial charge on any atom is -0.359 e. The normalized spacial score (nSPS) is 18.2. The summed E-state index contributed by atoms with van der Waals surface area (Å²) in [5.41, 5.74) is 7.98. The monoisotopic (exact) mass is 316 g/mol. The highest BCUT2D eigenvalue weighted by Gasteiger charge is 2.28. The molecule has 0 bridgehead atoms. The van der Waals surface area contributed by atoms with Gasteiger partial charge in [0, 0.05) is 31.2 Å². The molecular formula is C17H24N4O2. The summed E-state index contributed by atoms with van der Waals surface area (Å²) in [4.78, 5) is 19.2. The fourth-order valence-corrected chi connectivity index (χ4v) is 3.82. The van der Waals surface area contributed by atoms with Crippen molar-refractivity contribution in [3.8, 4) is 0 Å². The molecule has 6 heteroatoms. The summed E-state index contributed by atoms with van der Waals surface area (Å²) in [6.07, 6.45) is 8.00. The number of aromatic nitrogens is 2. The van der Waals surface area contributed by atoms with E-state index >= 15 is 0 Å². The standard InChI is InChI=1S/C17H24N4O2/c1-12-14(3)21-9-6-18-10-16(21)17(12)13(2)15-4-7-20(8-5-15)19-23-11-22/h6,9-11,13,15,19H,4-5,7-8H2,1-3H3. The molecule has 3 rings (SSSR count). The molecule has 0 amide bonds. The third-order valence-electron chi connectivity index (χ3n) is 5.27. The summed E-state index contributed by atoms with van der Waals surface area (Å²) in [6, 6.07) is 0. The van der Waals surface area contributed by atoms with E-state index < -0.39 is 0 Å². The van der Waals surface area contributed by atoms with E-state index in [1.165, 1.54) is 22.3 Å². The lowest BCUT2D eigenvalue weighted by Gasteiger charge is -2.34. The molecule has 1 saturated heterocycles. The predicted octanol–water partition coefficient (Wildman–Crippen LogP) is 2.36. The molecule has 1 atom stereocenters. The number of fused-ring (bicyclic) bond motifs is 1. The average Bonchev–Trinajstić information content (AvgIpc) is 2.84. The summed E-state index contributed by atoms with van der Waals surface area (Å²) in [7, 11) is 0. The van der Waals surface area contributed by atoms with Crippen LogP contribution in [0.4, 0.5) is 0 Å². The molecule has 0 aromatic carbocycles. The van der Waals surface area contributed by atoms with E-state index in [1.807, 2.05) is 23.6 Å². The molecule has 2 aromatic rings. The molecule has 1 aliphatic rings. The summed E-state index contributed by atoms with van der Waals surface area (Å²) in [5, 5.41) is 1.95. The van der Waals surface area contributed by atoms with Gasteiger partial charge in [0.1, 0.15) is 0 Å². The highest BCUT2D eigenvalue weighted by atomic mass is 16.7. The van der Waals surface area contributed by atoms with E-state index in [9.17, 15) is 4.79 Å². The van der Waals surface area contributed by atoms with Crippen molar-refractivity contribution in [2.24, 2.45) is 5.92 Å². The molecule has 1 unspecified atom stereocenters. The second-order valence-corrected chi connectivity index (χ2v) is 6.37. The first kappa shape index (κ1) is 16.0. The van der Waals surface area contributed by atoms with Crippen molar-refractivity contribution in [1.29, 1.82) is 0 Å². The molecule has 0 aliphatic carbocycles. The first-order chi connectivity index (χ1) is 11.1. The summed E-state index contributed by atoms with van der Waals surface area (Å²) < 4.78 is 2.24. The van der Waals surface area contributed by atoms with Crippen LogP contribution in [0, 0.1) is 19.8 Å². The Morgan fingerprint density at radius 2 is 2.13 bits per heavy atom. The van der Waals surface area contributed by atoms with Crippen LogP contribution in [0.2, 0.25) is 0 Å². The molecule has 1 aliphatic heterocycles. The van der Waals surface area contributed by atoms with Crippen LogP contribution in [-0.4, -0.2) is 34.0 Å². The number of nitrogens with zero attached hydrogens (tertiary/aromatic N) is 3. The van der Waals surface area contributed by atoms with Crippen LogP contribution < -0.4 is 5.59 Å². The first-order valence-electron chi connectivity index (χ1n) is 8.14. The van der Waals surface area contributed by atoms with Crippen LogP contribution in [0.5, 0.6) is 0 Å². The maximum Gasteiger partial charge on any atom is 0.314 e. The number of piperidine rings is 1. The van der Waals surface area contributed by atoms with Gasteiger partial charge >= 0.3 is 6.47 Å². The van der Waals surface area contributed by atoms with Gasteiger partial charge in [-0.3, -0.25) is 9.78 Å². The Kier molecular flexibility index (Phi) is 4.63. The highest BCUT2D eigenvalue weighted by molar-refractivity contribution is 5.61. The third kappa shape index (κ3) is 2.96. The summed E-state index contributed by atoms with van der Waals surface area (Å²) in [6.45, 7) is 8.88. The highest BCUT2D eigenvalue weighted by Crippen LogP contribution is 2.37. The summed E-state index contributed by atoms with van der Waals surface area (Å²) in [5.74, 6) is 1.10. The van der Waals surface area contributed by atoms with Crippen molar-refractivity contribution >= 4 is 12.0 Å². The Hall–Kier alpha value is -1.92. The largest absolute Gasteiger partial charge is 0.359 e. The number of hydrogen-bond donors (Lipinski definition) is 1. The summed E-state index contributed by atoms with van der Waals surface area (Å²) >= 11 is 0. The molecule has 6 nitrogen and oxygen atoms in total. The van der Waals surface area contributed by atoms with Crippen molar-refractivity contribution in [3.05, 3.63) is 35.4 Å². The lowest BCUT2D eigenvalue weighted by atomic mass is 9.80. The molecular weight excluding hydrogens is 292 g/mol. The van der Waals surface area contributed by atoms with Crippen LogP contribution in [0.15, 0.2) is 18.6 Å². The Morgan fingerprint density at radius 1 is 1.39 bits per heavy atom. The van der Waals surface area contributed by atoms with Crippen LogP contribution in [0.25, 0.3) is 5.52 Å². The minimum atomic E-state index is 0.418. The van der Waals surface area contributed by atoms with E-state index in [-0.39, 0.29) is 0 Å². The van der Waals surface area contributed by atoms with Gasteiger partial charge in [-0.25, -0.2) is 5.01 Å². The average molecular weight is 316 g/mol. The van der Waals surface area contributed by atoms with Gasteiger partial charge in [0.25, 0.3) is 0 Å². The van der Waals surface area contributed by atoms with E-state index in [0.29, 0.717) is 18.3 Å². The van der Waals surface area contributed by atoms with Crippen molar-refractivity contribution in [2.75, 3.05) is 13.1 Å². The molecule has 1 fully saturated rings. The van der Waals surface area contributed by atoms with Gasteiger partial charge in [-0.1, -0.05) is 12.5 Å². The first-order valence-corrected chi connectivity index (χ1v) is 8.14. The van der Waals surface area contributed by atoms with E-state index in [2.05, 4.69) is 40.6 Å².